The topological polar surface area (TPSA) is 166 Å². The van der Waals surface area contributed by atoms with E-state index < -0.39 is 12.1 Å². The van der Waals surface area contributed by atoms with E-state index in [0.29, 0.717) is 66.3 Å². The van der Waals surface area contributed by atoms with Crippen molar-refractivity contribution < 1.29 is 29.0 Å². The van der Waals surface area contributed by atoms with Crippen molar-refractivity contribution in [2.45, 2.75) is 64.5 Å². The molecule has 0 saturated carbocycles. The number of hydrogen-bond acceptors (Lipinski definition) is 7. The number of unbranched alkanes of at least 4 members (excludes halogenated alkanes) is 2. The first-order valence-electron chi connectivity index (χ1n) is 18.2. The van der Waals surface area contributed by atoms with Crippen LogP contribution in [0.1, 0.15) is 51.5 Å². The Morgan fingerprint density at radius 1 is 0.906 bits per heavy atom. The van der Waals surface area contributed by atoms with Crippen LogP contribution < -0.4 is 26.4 Å². The number of para-hydroxylation sites is 2. The fourth-order valence-corrected chi connectivity index (χ4v) is 6.42. The second-order valence-electron chi connectivity index (χ2n) is 13.8. The maximum atomic E-state index is 13.6. The third-order valence-corrected chi connectivity index (χ3v) is 9.57. The largest absolute Gasteiger partial charge is 0.488 e. The minimum atomic E-state index is -0.496. The molecule has 0 bridgehead atoms. The lowest BCUT2D eigenvalue weighted by molar-refractivity contribution is -0.134. The summed E-state index contributed by atoms with van der Waals surface area (Å²) in [6, 6.07) is 25.2. The van der Waals surface area contributed by atoms with Gasteiger partial charge in [0.25, 0.3) is 0 Å². The molecule has 4 aromatic carbocycles. The van der Waals surface area contributed by atoms with Crippen molar-refractivity contribution in [3.05, 3.63) is 90.5 Å². The normalized spacial score (nSPS) is 16.3. The SMILES string of the molecule is C[C@H](CO)N1C[C@H](C)[C@H](CN(C)C(=O)Nc2cccc3ccccc23)Oc2ccc(NC(=O)CCCCCC(=O)Nc3ccccc3N)cc2CC1=O. The number of hydrogen-bond donors (Lipinski definition) is 5. The molecule has 12 nitrogen and oxygen atoms in total. The highest BCUT2D eigenvalue weighted by Crippen LogP contribution is 2.30. The number of carbonyl (C=O) groups excluding carboxylic acids is 4. The molecule has 0 aliphatic carbocycles. The quantitative estimate of drug-likeness (QED) is 0.0802. The number of nitrogens with one attached hydrogen (secondary N) is 3. The molecule has 0 fully saturated rings. The predicted molar refractivity (Wildman–Crippen MR) is 209 cm³/mol. The molecule has 53 heavy (non-hydrogen) atoms. The van der Waals surface area contributed by atoms with Crippen LogP contribution in [0.4, 0.5) is 27.5 Å². The van der Waals surface area contributed by atoms with E-state index in [4.69, 9.17) is 10.5 Å². The Bertz CT molecular complexity index is 1910. The Morgan fingerprint density at radius 3 is 2.34 bits per heavy atom. The summed E-state index contributed by atoms with van der Waals surface area (Å²) in [6.07, 6.45) is 2.05. The zero-order valence-corrected chi connectivity index (χ0v) is 30.6. The van der Waals surface area contributed by atoms with E-state index in [1.165, 1.54) is 0 Å². The second-order valence-corrected chi connectivity index (χ2v) is 13.8. The molecule has 0 radical (unpaired) electrons. The molecule has 0 aromatic heterocycles. The molecule has 5 rings (SSSR count). The predicted octanol–water partition coefficient (Wildman–Crippen LogP) is 6.26. The Hall–Kier alpha value is -5.62. The van der Waals surface area contributed by atoms with Gasteiger partial charge in [0, 0.05) is 49.0 Å². The number of anilines is 4. The summed E-state index contributed by atoms with van der Waals surface area (Å²) >= 11 is 0. The number of nitrogen functional groups attached to an aromatic ring is 1. The van der Waals surface area contributed by atoms with Crippen molar-refractivity contribution in [3.8, 4) is 5.75 Å². The maximum absolute atomic E-state index is 13.6. The molecule has 0 spiro atoms. The summed E-state index contributed by atoms with van der Waals surface area (Å²) in [7, 11) is 1.71. The van der Waals surface area contributed by atoms with Gasteiger partial charge in [-0.2, -0.15) is 0 Å². The first-order chi connectivity index (χ1) is 25.5. The van der Waals surface area contributed by atoms with Gasteiger partial charge >= 0.3 is 6.03 Å². The minimum Gasteiger partial charge on any atom is -0.488 e. The molecular weight excluding hydrogens is 672 g/mol. The Balaban J connectivity index is 1.21. The van der Waals surface area contributed by atoms with E-state index in [1.54, 1.807) is 60.2 Å². The number of rotatable bonds is 13. The van der Waals surface area contributed by atoms with Gasteiger partial charge in [0.1, 0.15) is 11.9 Å². The second kappa shape index (κ2) is 18.2. The molecule has 4 aromatic rings. The van der Waals surface area contributed by atoms with Gasteiger partial charge in [-0.25, -0.2) is 4.79 Å². The average Bonchev–Trinajstić information content (AvgIpc) is 3.19. The van der Waals surface area contributed by atoms with Gasteiger partial charge in [-0.3, -0.25) is 14.4 Å². The molecule has 12 heteroatoms. The maximum Gasteiger partial charge on any atom is 0.321 e. The van der Waals surface area contributed by atoms with Crippen LogP contribution in [-0.4, -0.2) is 77.5 Å². The summed E-state index contributed by atoms with van der Waals surface area (Å²) in [4.78, 5) is 55.5. The summed E-state index contributed by atoms with van der Waals surface area (Å²) in [5.41, 5.74) is 8.82. The number of benzene rings is 4. The third-order valence-electron chi connectivity index (χ3n) is 9.57. The van der Waals surface area contributed by atoms with Gasteiger partial charge in [0.05, 0.1) is 42.7 Å². The third kappa shape index (κ3) is 10.5. The van der Waals surface area contributed by atoms with Crippen molar-refractivity contribution in [1.29, 1.82) is 0 Å². The van der Waals surface area contributed by atoms with E-state index >= 15 is 0 Å². The molecule has 6 N–H and O–H groups in total. The number of fused-ring (bicyclic) bond motifs is 2. The number of nitrogens with two attached hydrogens (primary N) is 1. The lowest BCUT2D eigenvalue weighted by atomic mass is 10.0. The fourth-order valence-electron chi connectivity index (χ4n) is 6.42. The number of urea groups is 1. The highest BCUT2D eigenvalue weighted by molar-refractivity contribution is 6.01. The van der Waals surface area contributed by atoms with Crippen LogP contribution in [-0.2, 0) is 20.8 Å². The van der Waals surface area contributed by atoms with Crippen LogP contribution in [0.5, 0.6) is 5.75 Å². The summed E-state index contributed by atoms with van der Waals surface area (Å²) in [6.45, 7) is 4.12. The monoisotopic (exact) mass is 722 g/mol. The molecule has 3 atom stereocenters. The van der Waals surface area contributed by atoms with Crippen LogP contribution in [0.25, 0.3) is 10.8 Å². The van der Waals surface area contributed by atoms with Crippen LogP contribution >= 0.6 is 0 Å². The van der Waals surface area contributed by atoms with Crippen LogP contribution in [0.3, 0.4) is 0 Å². The van der Waals surface area contributed by atoms with Gasteiger partial charge in [0.2, 0.25) is 17.7 Å². The van der Waals surface area contributed by atoms with Gasteiger partial charge in [0.15, 0.2) is 0 Å². The number of ether oxygens (including phenoxy) is 1. The van der Waals surface area contributed by atoms with Crippen LogP contribution in [0.2, 0.25) is 0 Å². The lowest BCUT2D eigenvalue weighted by Gasteiger charge is -2.34. The molecule has 1 aliphatic rings. The van der Waals surface area contributed by atoms with E-state index in [9.17, 15) is 24.3 Å². The molecule has 1 heterocycles. The molecular formula is C41H50N6O6. The first kappa shape index (κ1) is 38.6. The summed E-state index contributed by atoms with van der Waals surface area (Å²) in [5.74, 6) is -0.185. The standard InChI is InChI=1S/C41H50N6O6/c1-27-24-47(28(2)26-48)40(51)23-30-22-31(43-38(49)18-5-4-6-19-39(50)44-35-16-10-9-15-33(35)42)20-21-36(30)53-37(27)25-46(3)41(52)45-34-17-11-13-29-12-7-8-14-32(29)34/h7-17,20-22,27-28,37,48H,4-6,18-19,23-26,42H2,1-3H3,(H,43,49)(H,44,50)(H,45,52)/t27-,28+,37-/m0/s1. The number of nitrogens with zero attached hydrogens (tertiary/aromatic N) is 2. The van der Waals surface area contributed by atoms with E-state index in [0.717, 1.165) is 10.8 Å². The zero-order valence-electron chi connectivity index (χ0n) is 30.6. The fraction of sp³-hybridized carbons (Fsp3) is 0.366. The molecule has 5 amide bonds. The van der Waals surface area contributed by atoms with Gasteiger partial charge in [-0.05, 0) is 61.5 Å². The molecule has 0 saturated heterocycles. The Kier molecular flexibility index (Phi) is 13.3. The van der Waals surface area contributed by atoms with Crippen LogP contribution in [0, 0.1) is 5.92 Å². The van der Waals surface area contributed by atoms with Crippen molar-refractivity contribution in [2.75, 3.05) is 48.4 Å². The van der Waals surface area contributed by atoms with E-state index in [1.807, 2.05) is 55.5 Å². The van der Waals surface area contributed by atoms with Gasteiger partial charge in [-0.15, -0.1) is 0 Å². The molecule has 280 valence electrons. The minimum absolute atomic E-state index is 0.0108. The van der Waals surface area contributed by atoms with Crippen molar-refractivity contribution in [2.24, 2.45) is 5.92 Å². The van der Waals surface area contributed by atoms with Crippen LogP contribution in [0.15, 0.2) is 84.9 Å². The molecule has 1 aliphatic heterocycles. The van der Waals surface area contributed by atoms with Crippen molar-refractivity contribution in [1.82, 2.24) is 9.80 Å². The van der Waals surface area contributed by atoms with Crippen molar-refractivity contribution >= 4 is 57.3 Å². The van der Waals surface area contributed by atoms with E-state index in [2.05, 4.69) is 16.0 Å². The highest BCUT2D eigenvalue weighted by atomic mass is 16.5. The lowest BCUT2D eigenvalue weighted by Crippen LogP contribution is -2.48. The van der Waals surface area contributed by atoms with Gasteiger partial charge in [-0.1, -0.05) is 61.9 Å². The summed E-state index contributed by atoms with van der Waals surface area (Å²) < 4.78 is 6.58. The van der Waals surface area contributed by atoms with E-state index in [-0.39, 0.29) is 55.7 Å². The first-order valence-corrected chi connectivity index (χ1v) is 18.2. The number of aliphatic hydroxyl groups excluding tert-OH is 1. The molecule has 0 unspecified atom stereocenters. The number of aliphatic hydroxyl groups is 1. The van der Waals surface area contributed by atoms with Gasteiger partial charge < -0.3 is 41.3 Å². The number of amides is 5. The Morgan fingerprint density at radius 2 is 1.58 bits per heavy atom. The summed E-state index contributed by atoms with van der Waals surface area (Å²) in [5, 5.41) is 20.7. The smallest absolute Gasteiger partial charge is 0.321 e. The number of carbonyl (C=O) groups is 4. The average molecular weight is 723 g/mol. The highest BCUT2D eigenvalue weighted by Gasteiger charge is 2.32. The van der Waals surface area contributed by atoms with Crippen molar-refractivity contribution in [3.63, 3.8) is 0 Å². The Labute approximate surface area is 310 Å². The zero-order chi connectivity index (χ0) is 37.9. The number of likely N-dealkylation sites (N-methyl/N-ethyl adjacent to an activating group) is 1.